The van der Waals surface area contributed by atoms with Crippen molar-refractivity contribution in [2.45, 2.75) is 44.2 Å². The number of carbonyl (C=O) groups excluding carboxylic acids is 1. The largest absolute Gasteiger partial charge is 0.360 e. The van der Waals surface area contributed by atoms with Gasteiger partial charge in [0, 0.05) is 23.5 Å². The first-order chi connectivity index (χ1) is 13.1. The van der Waals surface area contributed by atoms with Crippen LogP contribution in [0.25, 0.3) is 0 Å². The lowest BCUT2D eigenvalue weighted by molar-refractivity contribution is -0.117. The minimum atomic E-state index is -3.79. The molecule has 1 unspecified atom stereocenters. The molecule has 0 aliphatic carbocycles. The number of amides is 1. The first-order valence-electron chi connectivity index (χ1n) is 9.08. The summed E-state index contributed by atoms with van der Waals surface area (Å²) in [6.45, 7) is 5.99. The monoisotopic (exact) mass is 405 g/mol. The number of sulfonamides is 1. The highest BCUT2D eigenvalue weighted by molar-refractivity contribution is 7.89. The van der Waals surface area contributed by atoms with Crippen LogP contribution in [0.1, 0.15) is 26.3 Å². The molecule has 0 spiro atoms. The van der Waals surface area contributed by atoms with Crippen LogP contribution in [0.2, 0.25) is 0 Å². The third kappa shape index (κ3) is 4.02. The molecule has 2 N–H and O–H groups in total. The lowest BCUT2D eigenvalue weighted by Gasteiger charge is -2.32. The Morgan fingerprint density at radius 1 is 1.25 bits per heavy atom. The lowest BCUT2D eigenvalue weighted by atomic mass is 10.1. The molecule has 2 aromatic carbocycles. The average Bonchev–Trinajstić information content (AvgIpc) is 2.94. The van der Waals surface area contributed by atoms with Crippen molar-refractivity contribution in [3.05, 3.63) is 53.8 Å². The van der Waals surface area contributed by atoms with Gasteiger partial charge in [-0.2, -0.15) is 0 Å². The summed E-state index contributed by atoms with van der Waals surface area (Å²) in [5, 5.41) is 5.21. The van der Waals surface area contributed by atoms with Crippen molar-refractivity contribution in [2.75, 3.05) is 16.3 Å². The quantitative estimate of drug-likeness (QED) is 0.829. The third-order valence-corrected chi connectivity index (χ3v) is 5.86. The Kier molecular flexibility index (Phi) is 5.45. The van der Waals surface area contributed by atoms with Gasteiger partial charge in [0.05, 0.1) is 11.4 Å². The van der Waals surface area contributed by atoms with Crippen molar-refractivity contribution in [3.8, 4) is 0 Å². The molecular formula is C20H24FN3O3S. The van der Waals surface area contributed by atoms with Crippen molar-refractivity contribution in [3.63, 3.8) is 0 Å². The number of fused-ring (bicyclic) bond motifs is 1. The van der Waals surface area contributed by atoms with Gasteiger partial charge >= 0.3 is 0 Å². The number of halogens is 1. The molecule has 0 radical (unpaired) electrons. The summed E-state index contributed by atoms with van der Waals surface area (Å²) in [5.74, 6) is -0.431. The zero-order valence-electron chi connectivity index (χ0n) is 16.1. The highest BCUT2D eigenvalue weighted by Gasteiger charge is 2.32. The highest BCUT2D eigenvalue weighted by atomic mass is 32.2. The number of hydrogen-bond donors (Lipinski definition) is 1. The van der Waals surface area contributed by atoms with Crippen molar-refractivity contribution >= 4 is 27.3 Å². The molecule has 0 bridgehead atoms. The van der Waals surface area contributed by atoms with Crippen LogP contribution in [0.5, 0.6) is 0 Å². The van der Waals surface area contributed by atoms with Crippen LogP contribution in [-0.2, 0) is 21.2 Å². The van der Waals surface area contributed by atoms with Crippen LogP contribution < -0.4 is 14.9 Å². The molecule has 1 heterocycles. The van der Waals surface area contributed by atoms with E-state index >= 15 is 0 Å². The van der Waals surface area contributed by atoms with Gasteiger partial charge in [0.15, 0.2) is 0 Å². The SMILES string of the molecule is CC(C)N(CC(=O)N1c2ccc(S(N)(=O)=O)cc2CC1C)c1ccc(F)cc1. The standard InChI is InChI=1S/C20H24FN3O3S/c1-13(2)23(17-6-4-16(21)5-7-17)12-20(25)24-14(3)10-15-11-18(28(22,26)27)8-9-19(15)24/h4-9,11,13-14H,10,12H2,1-3H3,(H2,22,26,27). The predicted octanol–water partition coefficient (Wildman–Crippen LogP) is 2.67. The number of nitrogens with two attached hydrogens (primary N) is 1. The summed E-state index contributed by atoms with van der Waals surface area (Å²) in [6, 6.07) is 10.6. The normalized spacial score (nSPS) is 16.4. The molecule has 1 aliphatic rings. The van der Waals surface area contributed by atoms with Crippen molar-refractivity contribution in [2.24, 2.45) is 5.14 Å². The molecule has 2 aromatic rings. The maximum absolute atomic E-state index is 13.2. The number of hydrogen-bond acceptors (Lipinski definition) is 4. The molecule has 3 rings (SSSR count). The third-order valence-electron chi connectivity index (χ3n) is 4.95. The van der Waals surface area contributed by atoms with Gasteiger partial charge in [-0.1, -0.05) is 0 Å². The van der Waals surface area contributed by atoms with Crippen LogP contribution in [0.3, 0.4) is 0 Å². The van der Waals surface area contributed by atoms with Crippen LogP contribution in [-0.4, -0.2) is 33.0 Å². The molecule has 1 atom stereocenters. The van der Waals surface area contributed by atoms with E-state index in [4.69, 9.17) is 5.14 Å². The maximum atomic E-state index is 13.2. The van der Waals surface area contributed by atoms with Crippen molar-refractivity contribution in [1.82, 2.24) is 0 Å². The molecule has 8 heteroatoms. The predicted molar refractivity (Wildman–Crippen MR) is 107 cm³/mol. The highest BCUT2D eigenvalue weighted by Crippen LogP contribution is 2.34. The molecule has 150 valence electrons. The molecule has 0 fully saturated rings. The summed E-state index contributed by atoms with van der Waals surface area (Å²) in [6.07, 6.45) is 0.558. The molecular weight excluding hydrogens is 381 g/mol. The van der Waals surface area contributed by atoms with Crippen molar-refractivity contribution < 1.29 is 17.6 Å². The van der Waals surface area contributed by atoms with Gasteiger partial charge in [0.1, 0.15) is 5.82 Å². The maximum Gasteiger partial charge on any atom is 0.246 e. The molecule has 0 aromatic heterocycles. The first-order valence-corrected chi connectivity index (χ1v) is 10.6. The van der Waals surface area contributed by atoms with Crippen LogP contribution >= 0.6 is 0 Å². The Morgan fingerprint density at radius 3 is 2.46 bits per heavy atom. The van der Waals surface area contributed by atoms with Crippen LogP contribution in [0, 0.1) is 5.82 Å². The van der Waals surface area contributed by atoms with Crippen LogP contribution in [0.15, 0.2) is 47.4 Å². The van der Waals surface area contributed by atoms with E-state index in [1.807, 2.05) is 25.7 Å². The smallest absolute Gasteiger partial charge is 0.246 e. The zero-order chi connectivity index (χ0) is 20.6. The number of anilines is 2. The number of rotatable bonds is 5. The summed E-state index contributed by atoms with van der Waals surface area (Å²) in [4.78, 5) is 16.8. The Balaban J connectivity index is 1.87. The van der Waals surface area contributed by atoms with E-state index in [2.05, 4.69) is 0 Å². The Labute approximate surface area is 164 Å². The molecule has 0 saturated heterocycles. The van der Waals surface area contributed by atoms with Gasteiger partial charge in [-0.05, 0) is 75.2 Å². The number of benzene rings is 2. The molecule has 28 heavy (non-hydrogen) atoms. The summed E-state index contributed by atoms with van der Waals surface area (Å²) in [7, 11) is -3.79. The summed E-state index contributed by atoms with van der Waals surface area (Å²) >= 11 is 0. The second-order valence-corrected chi connectivity index (χ2v) is 8.91. The Hall–Kier alpha value is -2.45. The summed E-state index contributed by atoms with van der Waals surface area (Å²) in [5.41, 5.74) is 2.25. The van der Waals surface area contributed by atoms with E-state index in [0.717, 1.165) is 11.3 Å². The van der Waals surface area contributed by atoms with Gasteiger partial charge < -0.3 is 9.80 Å². The second kappa shape index (κ2) is 7.52. The molecule has 6 nitrogen and oxygen atoms in total. The number of carbonyl (C=O) groups is 1. The van der Waals surface area contributed by atoms with Gasteiger partial charge in [0.2, 0.25) is 15.9 Å². The molecule has 1 amide bonds. The van der Waals surface area contributed by atoms with E-state index < -0.39 is 10.0 Å². The molecule has 0 saturated carbocycles. The van der Waals surface area contributed by atoms with Crippen LogP contribution in [0.4, 0.5) is 15.8 Å². The van der Waals surface area contributed by atoms with E-state index in [1.165, 1.54) is 24.3 Å². The fourth-order valence-electron chi connectivity index (χ4n) is 3.59. The van der Waals surface area contributed by atoms with Crippen molar-refractivity contribution in [1.29, 1.82) is 0 Å². The summed E-state index contributed by atoms with van der Waals surface area (Å²) < 4.78 is 36.4. The van der Waals surface area contributed by atoms with Gasteiger partial charge in [-0.3, -0.25) is 4.79 Å². The number of nitrogens with zero attached hydrogens (tertiary/aromatic N) is 2. The Bertz CT molecular complexity index is 990. The minimum Gasteiger partial charge on any atom is -0.360 e. The van der Waals surface area contributed by atoms with Gasteiger partial charge in [-0.25, -0.2) is 17.9 Å². The first kappa shape index (κ1) is 20.3. The van der Waals surface area contributed by atoms with E-state index in [1.54, 1.807) is 23.1 Å². The second-order valence-electron chi connectivity index (χ2n) is 7.35. The fourth-order valence-corrected chi connectivity index (χ4v) is 4.16. The minimum absolute atomic E-state index is 0.0385. The van der Waals surface area contributed by atoms with E-state index in [-0.39, 0.29) is 35.2 Å². The zero-order valence-corrected chi connectivity index (χ0v) is 16.9. The van der Waals surface area contributed by atoms with E-state index in [9.17, 15) is 17.6 Å². The number of primary sulfonamides is 1. The van der Waals surface area contributed by atoms with E-state index in [0.29, 0.717) is 12.1 Å². The lowest BCUT2D eigenvalue weighted by Crippen LogP contribution is -2.45. The Morgan fingerprint density at radius 2 is 1.89 bits per heavy atom. The molecule has 1 aliphatic heterocycles. The average molecular weight is 405 g/mol. The van der Waals surface area contributed by atoms with Gasteiger partial charge in [-0.15, -0.1) is 0 Å². The fraction of sp³-hybridized carbons (Fsp3) is 0.350. The van der Waals surface area contributed by atoms with Gasteiger partial charge in [0.25, 0.3) is 0 Å². The topological polar surface area (TPSA) is 83.7 Å².